The molecule has 0 saturated carbocycles. The molecule has 0 radical (unpaired) electrons. The minimum Gasteiger partial charge on any atom is -0.505 e. The second-order valence-electron chi connectivity index (χ2n) is 9.28. The van der Waals surface area contributed by atoms with Crippen molar-refractivity contribution in [2.24, 2.45) is 20.5 Å². The molecule has 22 nitrogen and oxygen atoms in total. The van der Waals surface area contributed by atoms with E-state index in [1.807, 2.05) is 0 Å². The molecule has 0 unspecified atom stereocenters. The van der Waals surface area contributed by atoms with E-state index in [1.54, 1.807) is 0 Å². The Balaban J connectivity index is 0.00000160. The largest absolute Gasteiger partial charge is 0.505 e. The van der Waals surface area contributed by atoms with Gasteiger partial charge in [-0.25, -0.2) is 4.79 Å². The number of amides is 1. The third kappa shape index (κ3) is 9.20. The molecule has 0 fully saturated rings. The Morgan fingerprint density at radius 1 is 0.800 bits per heavy atom. The molecule has 6 N–H and O–H groups in total. The second kappa shape index (κ2) is 14.9. The van der Waals surface area contributed by atoms with Gasteiger partial charge in [0.05, 0.1) is 16.0 Å². The molecule has 50 heavy (non-hydrogen) atoms. The average Bonchev–Trinajstić information content (AvgIpc) is 2.98. The maximum absolute atomic E-state index is 12.1. The maximum atomic E-state index is 12.1. The van der Waals surface area contributed by atoms with E-state index in [2.05, 4.69) is 25.8 Å². The molecule has 0 heterocycles. The number of aromatic carboxylic acids is 1. The van der Waals surface area contributed by atoms with Crippen molar-refractivity contribution in [3.8, 4) is 11.5 Å². The van der Waals surface area contributed by atoms with Crippen LogP contribution in [0.15, 0.2) is 84.8 Å². The molecule has 0 aromatic heterocycles. The fourth-order valence-electron chi connectivity index (χ4n) is 4.01. The minimum atomic E-state index is -5.12. The van der Waals surface area contributed by atoms with Crippen molar-refractivity contribution in [2.75, 3.05) is 5.32 Å². The van der Waals surface area contributed by atoms with Crippen molar-refractivity contribution in [3.63, 3.8) is 0 Å². The quantitative estimate of drug-likeness (QED) is 0.0605. The monoisotopic (exact) mass is 754 g/mol. The molecular formula is C25H18N6O16S3. The summed E-state index contributed by atoms with van der Waals surface area (Å²) in [5.74, 6) is -4.13. The third-order valence-electron chi connectivity index (χ3n) is 5.94. The van der Waals surface area contributed by atoms with Gasteiger partial charge in [0.1, 0.15) is 32.4 Å². The van der Waals surface area contributed by atoms with Crippen molar-refractivity contribution >= 4 is 87.6 Å². The van der Waals surface area contributed by atoms with Crippen LogP contribution in [0.1, 0.15) is 17.3 Å². The van der Waals surface area contributed by atoms with E-state index in [0.29, 0.717) is 0 Å². The summed E-state index contributed by atoms with van der Waals surface area (Å²) in [6.45, 7) is 1.18. The van der Waals surface area contributed by atoms with Crippen LogP contribution in [0.4, 0.5) is 34.1 Å². The number of nitrogens with zero attached hydrogens (tertiary/aromatic N) is 5. The van der Waals surface area contributed by atoms with Crippen LogP contribution in [-0.4, -0.2) is 70.7 Å². The Labute approximate surface area is 279 Å². The number of nitro benzene ring substituents is 1. The number of anilines is 1. The van der Waals surface area contributed by atoms with Gasteiger partial charge in [0.2, 0.25) is 5.91 Å². The Morgan fingerprint density at radius 2 is 1.40 bits per heavy atom. The van der Waals surface area contributed by atoms with Gasteiger partial charge in [0, 0.05) is 18.7 Å². The number of aromatic hydroxyl groups is 2. The molecule has 0 spiro atoms. The zero-order chi connectivity index (χ0) is 37.7. The fourth-order valence-corrected chi connectivity index (χ4v) is 5.27. The Morgan fingerprint density at radius 3 is 1.94 bits per heavy atom. The number of carboxylic acids is 1. The third-order valence-corrected chi connectivity index (χ3v) is 7.71. The number of benzene rings is 4. The van der Waals surface area contributed by atoms with E-state index in [1.165, 1.54) is 6.92 Å². The summed E-state index contributed by atoms with van der Waals surface area (Å²) < 4.78 is 92.6. The predicted molar refractivity (Wildman–Crippen MR) is 166 cm³/mol. The molecular weight excluding hydrogens is 737 g/mol. The number of carbonyl (C=O) groups excluding carboxylic acids is 1. The highest BCUT2D eigenvalue weighted by molar-refractivity contribution is 7.86. The van der Waals surface area contributed by atoms with Gasteiger partial charge in [-0.2, -0.15) is 21.9 Å². The van der Waals surface area contributed by atoms with Crippen LogP contribution in [0.2, 0.25) is 0 Å². The van der Waals surface area contributed by atoms with Crippen LogP contribution in [0.3, 0.4) is 0 Å². The van der Waals surface area contributed by atoms with Crippen molar-refractivity contribution in [1.82, 2.24) is 0 Å². The molecule has 25 heteroatoms. The van der Waals surface area contributed by atoms with Gasteiger partial charge < -0.3 is 20.6 Å². The molecule has 0 aliphatic carbocycles. The topological polar surface area (TPSA) is 359 Å². The van der Waals surface area contributed by atoms with E-state index < -0.39 is 103 Å². The Hall–Kier alpha value is -6.28. The number of azo groups is 2. The smallest absolute Gasteiger partial charge is 0.425 e. The van der Waals surface area contributed by atoms with Crippen molar-refractivity contribution in [1.29, 1.82) is 0 Å². The van der Waals surface area contributed by atoms with Gasteiger partial charge in [-0.05, 0) is 47.9 Å². The zero-order valence-corrected chi connectivity index (χ0v) is 26.8. The van der Waals surface area contributed by atoms with Crippen LogP contribution in [-0.2, 0) is 35.6 Å². The lowest BCUT2D eigenvalue weighted by Crippen LogP contribution is -2.06. The molecule has 0 aliphatic rings. The number of nitro groups is 1. The van der Waals surface area contributed by atoms with Gasteiger partial charge >= 0.3 is 16.6 Å². The van der Waals surface area contributed by atoms with Crippen LogP contribution in [0.25, 0.3) is 10.8 Å². The normalized spacial score (nSPS) is 11.7. The van der Waals surface area contributed by atoms with Crippen molar-refractivity contribution in [2.45, 2.75) is 16.7 Å². The van der Waals surface area contributed by atoms with Gasteiger partial charge in [0.25, 0.3) is 25.9 Å². The number of phenols is 2. The first-order valence-corrected chi connectivity index (χ1v) is 16.5. The van der Waals surface area contributed by atoms with Crippen molar-refractivity contribution in [3.05, 3.63) is 70.3 Å². The number of hydrogen-bond acceptors (Lipinski definition) is 17. The van der Waals surface area contributed by atoms with Gasteiger partial charge in [0.15, 0.2) is 11.5 Å². The number of hydrogen-bond donors (Lipinski definition) is 6. The number of phenolic OH excluding ortho intramolecular Hbond substituents is 2. The van der Waals surface area contributed by atoms with E-state index >= 15 is 0 Å². The highest BCUT2D eigenvalue weighted by atomic mass is 32.2. The molecule has 0 saturated heterocycles. The molecule has 0 atom stereocenters. The first-order valence-electron chi connectivity index (χ1n) is 12.6. The standard InChI is InChI=1S/C25H18N6O13S2.O3S/c1-11(32)26-13-4-7-19(45(39,40)41)17(10-13)29-28-16-5-2-12-8-20(46(42,43)44)22(24(34)21(12)23(16)33)30-27-14-3-6-18(31(37)38)15(9-14)25(35)36;1-4(2)3/h2-10,33-34H,1H3,(H,26,32)(H,35,36)(H,39,40,41)(H,42,43,44);. The molecule has 4 aromatic carbocycles. The second-order valence-corrected chi connectivity index (χ2v) is 12.5. The molecule has 0 bridgehead atoms. The highest BCUT2D eigenvalue weighted by Gasteiger charge is 2.25. The predicted octanol–water partition coefficient (Wildman–Crippen LogP) is 4.14. The SMILES string of the molecule is CC(=O)Nc1ccc(S(=O)(=O)O)c(N=Nc2ccc3cc(S(=O)(=O)O)c(N=Nc4ccc([N+](=O)[O-])c(C(=O)O)c4)c(O)c3c2O)c1.O=S(=O)=O. The van der Waals surface area contributed by atoms with Crippen molar-refractivity contribution < 1.29 is 68.4 Å². The maximum Gasteiger partial charge on any atom is 0.425 e. The average molecular weight is 755 g/mol. The lowest BCUT2D eigenvalue weighted by atomic mass is 10.1. The van der Waals surface area contributed by atoms with E-state index in [4.69, 9.17) is 12.6 Å². The number of fused-ring (bicyclic) bond motifs is 1. The summed E-state index contributed by atoms with van der Waals surface area (Å²) in [4.78, 5) is 31.3. The number of carbonyl (C=O) groups is 2. The van der Waals surface area contributed by atoms with Gasteiger partial charge in [-0.15, -0.1) is 28.0 Å². The molecule has 4 rings (SSSR count). The number of nitrogens with one attached hydrogen (secondary N) is 1. The molecule has 1 amide bonds. The molecule has 0 aliphatic heterocycles. The minimum absolute atomic E-state index is 0.0745. The fraction of sp³-hybridized carbons (Fsp3) is 0.0400. The Kier molecular flexibility index (Phi) is 11.3. The first kappa shape index (κ1) is 38.2. The zero-order valence-electron chi connectivity index (χ0n) is 24.4. The highest BCUT2D eigenvalue weighted by Crippen LogP contribution is 2.48. The van der Waals surface area contributed by atoms with E-state index in [0.717, 1.165) is 54.6 Å². The lowest BCUT2D eigenvalue weighted by Gasteiger charge is -2.11. The lowest BCUT2D eigenvalue weighted by molar-refractivity contribution is -0.385. The van der Waals surface area contributed by atoms with E-state index in [9.17, 15) is 61.0 Å². The first-order chi connectivity index (χ1) is 23.1. The summed E-state index contributed by atoms with van der Waals surface area (Å²) in [6.07, 6.45) is 0. The number of carboxylic acid groups (broad SMARTS) is 1. The summed E-state index contributed by atoms with van der Waals surface area (Å²) in [6, 6.07) is 8.65. The van der Waals surface area contributed by atoms with Crippen LogP contribution in [0.5, 0.6) is 11.5 Å². The summed E-state index contributed by atoms with van der Waals surface area (Å²) in [5, 5.41) is 58.7. The van der Waals surface area contributed by atoms with Crippen LogP contribution in [0, 0.1) is 10.1 Å². The summed E-state index contributed by atoms with van der Waals surface area (Å²) in [7, 11) is -13.1. The Bertz CT molecular complexity index is 2480. The number of rotatable bonds is 9. The summed E-state index contributed by atoms with van der Waals surface area (Å²) in [5.41, 5.74) is -3.68. The summed E-state index contributed by atoms with van der Waals surface area (Å²) >= 11 is 0. The van der Waals surface area contributed by atoms with E-state index in [-0.39, 0.29) is 16.8 Å². The van der Waals surface area contributed by atoms with Crippen LogP contribution >= 0.6 is 0 Å². The van der Waals surface area contributed by atoms with Crippen LogP contribution < -0.4 is 5.32 Å². The van der Waals surface area contributed by atoms with Gasteiger partial charge in [-0.1, -0.05) is 6.07 Å². The molecule has 262 valence electrons. The van der Waals surface area contributed by atoms with Gasteiger partial charge in [-0.3, -0.25) is 24.0 Å². The molecule has 4 aromatic rings.